The number of likely N-dealkylation sites (tertiary alicyclic amines) is 1. The lowest BCUT2D eigenvalue weighted by atomic mass is 9.87. The van der Waals surface area contributed by atoms with Crippen LogP contribution in [-0.2, 0) is 39.0 Å². The Kier molecular flexibility index (Phi) is 16.9. The third-order valence-corrected chi connectivity index (χ3v) is 12.5. The fourth-order valence-electron chi connectivity index (χ4n) is 7.71. The first kappa shape index (κ1) is 46.5. The standard InChI is InChI=1S/C43H51BrN4O4S.C2HF3O2/c44-40-12-3-7-35(28-40)29-42(49)48(26-21-34-13-15-41(16-14-34)53(45,51)52)31-36-8-2-9-37(27-36)38-10-4-11-39(30-38)43(50)47-24-19-33(20-25-47)6-1-5-32-17-22-46-23-18-32;3-2(4,5)1(6)7/h2-4,7-16,27-28,30,32-33,46H,1,5-6,17-26,29,31H2,(H2,45,51,52);(H,6,7). The van der Waals surface area contributed by atoms with Crippen molar-refractivity contribution in [3.63, 3.8) is 0 Å². The number of nitrogens with two attached hydrogens (primary N) is 1. The van der Waals surface area contributed by atoms with E-state index in [0.29, 0.717) is 31.0 Å². The molecule has 6 rings (SSSR count). The molecule has 0 bridgehead atoms. The molecule has 10 nitrogen and oxygen atoms in total. The Labute approximate surface area is 358 Å². The third kappa shape index (κ3) is 14.6. The van der Waals surface area contributed by atoms with Gasteiger partial charge in [0.15, 0.2) is 0 Å². The molecule has 0 aliphatic carbocycles. The van der Waals surface area contributed by atoms with E-state index >= 15 is 0 Å². The number of halogens is 4. The van der Waals surface area contributed by atoms with E-state index in [9.17, 15) is 31.2 Å². The van der Waals surface area contributed by atoms with Crippen LogP contribution < -0.4 is 10.5 Å². The van der Waals surface area contributed by atoms with Crippen LogP contribution in [0.3, 0.4) is 0 Å². The first-order valence-electron chi connectivity index (χ1n) is 20.2. The minimum atomic E-state index is -5.08. The molecule has 4 aromatic rings. The highest BCUT2D eigenvalue weighted by Gasteiger charge is 2.38. The van der Waals surface area contributed by atoms with Gasteiger partial charge in [0.25, 0.3) is 5.91 Å². The zero-order valence-corrected chi connectivity index (χ0v) is 35.8. The number of alkyl halides is 3. The molecule has 2 fully saturated rings. The Bertz CT molecular complexity index is 2170. The quantitative estimate of drug-likeness (QED) is 0.115. The van der Waals surface area contributed by atoms with Crippen molar-refractivity contribution in [3.8, 4) is 11.1 Å². The number of carboxylic acid groups (broad SMARTS) is 1. The smallest absolute Gasteiger partial charge is 0.475 e. The van der Waals surface area contributed by atoms with Crippen molar-refractivity contribution in [2.24, 2.45) is 17.0 Å². The van der Waals surface area contributed by atoms with Crippen LogP contribution in [0.25, 0.3) is 11.1 Å². The summed E-state index contributed by atoms with van der Waals surface area (Å²) >= 11 is 3.51. The number of amides is 2. The fourth-order valence-corrected chi connectivity index (χ4v) is 8.67. The van der Waals surface area contributed by atoms with Crippen LogP contribution in [0.2, 0.25) is 0 Å². The predicted molar refractivity (Wildman–Crippen MR) is 228 cm³/mol. The Balaban J connectivity index is 0.000000896. The molecule has 2 heterocycles. The van der Waals surface area contributed by atoms with Crippen molar-refractivity contribution in [1.29, 1.82) is 0 Å². The number of rotatable bonds is 14. The monoisotopic (exact) mass is 912 g/mol. The summed E-state index contributed by atoms with van der Waals surface area (Å²) in [7, 11) is -3.78. The third-order valence-electron chi connectivity index (χ3n) is 11.1. The van der Waals surface area contributed by atoms with E-state index in [-0.39, 0.29) is 23.1 Å². The molecule has 0 unspecified atom stereocenters. The zero-order chi connectivity index (χ0) is 43.3. The Morgan fingerprint density at radius 1 is 0.800 bits per heavy atom. The van der Waals surface area contributed by atoms with E-state index in [2.05, 4.69) is 27.3 Å². The number of sulfonamides is 1. The predicted octanol–water partition coefficient (Wildman–Crippen LogP) is 8.23. The van der Waals surface area contributed by atoms with Gasteiger partial charge in [0.1, 0.15) is 0 Å². The second-order valence-electron chi connectivity index (χ2n) is 15.5. The molecule has 4 N–H and O–H groups in total. The molecule has 0 aromatic heterocycles. The lowest BCUT2D eigenvalue weighted by Gasteiger charge is -2.32. The molecule has 4 aromatic carbocycles. The molecular weight excluding hydrogens is 861 g/mol. The van der Waals surface area contributed by atoms with Gasteiger partial charge in [-0.15, -0.1) is 0 Å². The van der Waals surface area contributed by atoms with E-state index < -0.39 is 22.2 Å². The van der Waals surface area contributed by atoms with Crippen molar-refractivity contribution < 1.29 is 41.1 Å². The number of nitrogens with zero attached hydrogens (tertiary/aromatic N) is 2. The first-order valence-corrected chi connectivity index (χ1v) is 22.5. The summed E-state index contributed by atoms with van der Waals surface area (Å²) in [5, 5.41) is 15.9. The van der Waals surface area contributed by atoms with Crippen LogP contribution in [0.15, 0.2) is 106 Å². The maximum atomic E-state index is 13.8. The van der Waals surface area contributed by atoms with Gasteiger partial charge in [-0.25, -0.2) is 18.4 Å². The molecule has 2 saturated heterocycles. The molecule has 0 saturated carbocycles. The van der Waals surface area contributed by atoms with Gasteiger partial charge in [0.2, 0.25) is 15.9 Å². The van der Waals surface area contributed by atoms with Gasteiger partial charge in [-0.1, -0.05) is 89.8 Å². The minimum absolute atomic E-state index is 0.00667. The van der Waals surface area contributed by atoms with Crippen LogP contribution in [0.1, 0.15) is 72.0 Å². The summed E-state index contributed by atoms with van der Waals surface area (Å²) < 4.78 is 56.1. The molecule has 2 amide bonds. The molecule has 2 aliphatic heterocycles. The summed E-state index contributed by atoms with van der Waals surface area (Å²) in [5.41, 5.74) is 5.46. The van der Waals surface area contributed by atoms with Gasteiger partial charge in [-0.2, -0.15) is 13.2 Å². The largest absolute Gasteiger partial charge is 0.490 e. The Morgan fingerprint density at radius 3 is 2.00 bits per heavy atom. The van der Waals surface area contributed by atoms with E-state index in [1.54, 1.807) is 12.1 Å². The second-order valence-corrected chi connectivity index (χ2v) is 18.0. The topological polar surface area (TPSA) is 150 Å². The van der Waals surface area contributed by atoms with Crippen LogP contribution >= 0.6 is 15.9 Å². The van der Waals surface area contributed by atoms with Crippen molar-refractivity contribution in [3.05, 3.63) is 124 Å². The molecule has 15 heteroatoms. The fraction of sp³-hybridized carbons (Fsp3) is 0.400. The Hall–Kier alpha value is -4.57. The minimum Gasteiger partial charge on any atom is -0.475 e. The van der Waals surface area contributed by atoms with Gasteiger partial charge >= 0.3 is 12.1 Å². The summed E-state index contributed by atoms with van der Waals surface area (Å²) in [6.07, 6.45) is 4.43. The van der Waals surface area contributed by atoms with Crippen LogP contribution in [0.4, 0.5) is 13.2 Å². The van der Waals surface area contributed by atoms with Gasteiger partial charge in [-0.05, 0) is 127 Å². The van der Waals surface area contributed by atoms with Crippen LogP contribution in [0.5, 0.6) is 0 Å². The lowest BCUT2D eigenvalue weighted by Crippen LogP contribution is -2.38. The molecular formula is C45H52BrF3N4O6S. The van der Waals surface area contributed by atoms with Crippen molar-refractivity contribution >= 4 is 43.7 Å². The van der Waals surface area contributed by atoms with Gasteiger partial charge < -0.3 is 20.2 Å². The number of hydrogen-bond donors (Lipinski definition) is 3. The number of primary sulfonamides is 1. The van der Waals surface area contributed by atoms with E-state index in [1.165, 1.54) is 44.2 Å². The second kappa shape index (κ2) is 21.8. The number of hydrogen-bond acceptors (Lipinski definition) is 6. The molecule has 0 spiro atoms. The van der Waals surface area contributed by atoms with Gasteiger partial charge in [0, 0.05) is 36.2 Å². The number of nitrogens with one attached hydrogen (secondary N) is 1. The van der Waals surface area contributed by atoms with Gasteiger partial charge in [-0.3, -0.25) is 9.59 Å². The number of carbonyl (C=O) groups excluding carboxylic acids is 2. The number of piperidine rings is 2. The molecule has 0 radical (unpaired) electrons. The van der Waals surface area contributed by atoms with Crippen LogP contribution in [0, 0.1) is 11.8 Å². The Morgan fingerprint density at radius 2 is 1.38 bits per heavy atom. The van der Waals surface area contributed by atoms with Crippen molar-refractivity contribution in [2.75, 3.05) is 32.7 Å². The number of carboxylic acids is 1. The lowest BCUT2D eigenvalue weighted by molar-refractivity contribution is -0.192. The molecule has 60 heavy (non-hydrogen) atoms. The SMILES string of the molecule is NS(=O)(=O)c1ccc(CCN(Cc2cccc(-c3cccc(C(=O)N4CCC(CCCC5CCNCC5)CC4)c3)c2)C(=O)Cc2cccc(Br)c2)cc1.O=C(O)C(F)(F)F. The highest BCUT2D eigenvalue weighted by atomic mass is 79.9. The molecule has 2 aliphatic rings. The van der Waals surface area contributed by atoms with E-state index in [0.717, 1.165) is 77.2 Å². The zero-order valence-electron chi connectivity index (χ0n) is 33.4. The maximum Gasteiger partial charge on any atom is 0.490 e. The average molecular weight is 914 g/mol. The first-order chi connectivity index (χ1) is 28.5. The normalized spacial score (nSPS) is 15.2. The number of benzene rings is 4. The summed E-state index contributed by atoms with van der Waals surface area (Å²) in [5.74, 6) is -1.07. The molecule has 0 atom stereocenters. The summed E-state index contributed by atoms with van der Waals surface area (Å²) in [6, 6.07) is 30.3. The van der Waals surface area contributed by atoms with Crippen molar-refractivity contribution in [2.45, 2.75) is 75.4 Å². The number of aliphatic carboxylic acids is 1. The summed E-state index contributed by atoms with van der Waals surface area (Å²) in [6.45, 7) is 4.81. The summed E-state index contributed by atoms with van der Waals surface area (Å²) in [4.78, 5) is 40.3. The van der Waals surface area contributed by atoms with Crippen LogP contribution in [-0.4, -0.2) is 80.0 Å². The van der Waals surface area contributed by atoms with Gasteiger partial charge in [0.05, 0.1) is 11.3 Å². The number of carbonyl (C=O) groups is 3. The van der Waals surface area contributed by atoms with E-state index in [1.807, 2.05) is 76.5 Å². The van der Waals surface area contributed by atoms with Crippen molar-refractivity contribution in [1.82, 2.24) is 15.1 Å². The average Bonchev–Trinajstić information content (AvgIpc) is 3.22. The highest BCUT2D eigenvalue weighted by Crippen LogP contribution is 2.28. The molecule has 322 valence electrons. The maximum absolute atomic E-state index is 13.8. The highest BCUT2D eigenvalue weighted by molar-refractivity contribution is 9.10. The van der Waals surface area contributed by atoms with E-state index in [4.69, 9.17) is 15.0 Å².